The Morgan fingerprint density at radius 2 is 1.58 bits per heavy atom. The maximum absolute atomic E-state index is 14.8. The highest BCUT2D eigenvalue weighted by Crippen LogP contribution is 2.75. The summed E-state index contributed by atoms with van der Waals surface area (Å²) in [7, 11) is 0. The van der Waals surface area contributed by atoms with Gasteiger partial charge in [0.1, 0.15) is 6.10 Å². The molecule has 6 heteroatoms. The second-order valence-electron chi connectivity index (χ2n) is 19.8. The molecule has 268 valence electrons. The maximum atomic E-state index is 14.8. The molecule has 48 heavy (non-hydrogen) atoms. The molecule has 6 fully saturated rings. The molecule has 6 nitrogen and oxygen atoms in total. The molecule has 5 aliphatic carbocycles. The highest BCUT2D eigenvalue weighted by Gasteiger charge is 2.70. The van der Waals surface area contributed by atoms with Gasteiger partial charge in [-0.3, -0.25) is 19.3 Å². The summed E-state index contributed by atoms with van der Waals surface area (Å²) in [6.45, 7) is 21.0. The molecule has 0 radical (unpaired) electrons. The molecule has 0 aromatic carbocycles. The van der Waals surface area contributed by atoms with Crippen LogP contribution in [-0.4, -0.2) is 54.5 Å². The third kappa shape index (κ3) is 5.05. The molecule has 2 aliphatic heterocycles. The predicted octanol–water partition coefficient (Wildman–Crippen LogP) is 8.71. The summed E-state index contributed by atoms with van der Waals surface area (Å²) in [5.41, 5.74) is 0.364. The summed E-state index contributed by atoms with van der Waals surface area (Å²) in [6.07, 6.45) is 16.9. The Morgan fingerprint density at radius 3 is 2.33 bits per heavy atom. The molecule has 2 heterocycles. The molecule has 0 amide bonds. The Bertz CT molecular complexity index is 1370. The number of ether oxygens (including phenoxy) is 2. The Hall–Kier alpha value is -1.69. The van der Waals surface area contributed by atoms with E-state index in [9.17, 15) is 14.4 Å². The van der Waals surface area contributed by atoms with E-state index in [1.54, 1.807) is 0 Å². The van der Waals surface area contributed by atoms with Crippen LogP contribution in [0.1, 0.15) is 145 Å². The number of fused-ring (bicyclic) bond motifs is 8. The van der Waals surface area contributed by atoms with Gasteiger partial charge in [-0.15, -0.1) is 0 Å². The van der Waals surface area contributed by atoms with Gasteiger partial charge in [-0.2, -0.15) is 0 Å². The normalized spacial score (nSPS) is 48.4. The lowest BCUT2D eigenvalue weighted by Crippen LogP contribution is -2.66. The predicted molar refractivity (Wildman–Crippen MR) is 188 cm³/mol. The van der Waals surface area contributed by atoms with Crippen molar-refractivity contribution in [2.45, 2.75) is 157 Å². The first kappa shape index (κ1) is 34.7. The van der Waals surface area contributed by atoms with Gasteiger partial charge in [-0.05, 0) is 143 Å². The van der Waals surface area contributed by atoms with Gasteiger partial charge in [0.05, 0.1) is 12.0 Å². The molecule has 7 aliphatic rings. The molecular formula is C42H65NO5. The van der Waals surface area contributed by atoms with Crippen molar-refractivity contribution >= 4 is 17.7 Å². The molecule has 0 unspecified atom stereocenters. The van der Waals surface area contributed by atoms with Crippen molar-refractivity contribution in [1.29, 1.82) is 0 Å². The van der Waals surface area contributed by atoms with Crippen molar-refractivity contribution in [3.05, 3.63) is 11.6 Å². The topological polar surface area (TPSA) is 72.9 Å². The standard InChI is InChI=1S/C42H65NO5/c1-27(44)48-34-15-16-40(6)33(37(34,2)3)14-17-42(8)35(40)32(45)24-29-30-25-39(5,19-18-38(30,4)20-21-41(29,42)7)36(46)47-26-28-12-11-23-43-22-10-9-13-31(28)43/h24,28,30-31,33-35H,9-23,25-26H2,1-8H3/t28-,30+,31+,33+,34+,35+,38+,39-,40+,41-,42+/m0/s1. The van der Waals surface area contributed by atoms with Crippen LogP contribution in [0.5, 0.6) is 0 Å². The van der Waals surface area contributed by atoms with E-state index in [-0.39, 0.29) is 57.0 Å². The van der Waals surface area contributed by atoms with Gasteiger partial charge in [0.15, 0.2) is 5.78 Å². The second kappa shape index (κ2) is 11.7. The number of hydrogen-bond donors (Lipinski definition) is 0. The van der Waals surface area contributed by atoms with E-state index in [4.69, 9.17) is 9.47 Å². The van der Waals surface area contributed by atoms with Crippen molar-refractivity contribution in [3.63, 3.8) is 0 Å². The summed E-state index contributed by atoms with van der Waals surface area (Å²) >= 11 is 0. The van der Waals surface area contributed by atoms with Gasteiger partial charge < -0.3 is 9.47 Å². The lowest BCUT2D eigenvalue weighted by atomic mass is 9.33. The van der Waals surface area contributed by atoms with E-state index in [0.29, 0.717) is 30.3 Å². The van der Waals surface area contributed by atoms with Crippen LogP contribution in [0.2, 0.25) is 0 Å². The zero-order chi connectivity index (χ0) is 34.5. The van der Waals surface area contributed by atoms with Gasteiger partial charge in [-0.1, -0.05) is 53.5 Å². The van der Waals surface area contributed by atoms with Crippen LogP contribution < -0.4 is 0 Å². The molecular weight excluding hydrogens is 598 g/mol. The van der Waals surface area contributed by atoms with E-state index >= 15 is 0 Å². The maximum Gasteiger partial charge on any atom is 0.311 e. The smallest absolute Gasteiger partial charge is 0.311 e. The van der Waals surface area contributed by atoms with Gasteiger partial charge in [-0.25, -0.2) is 0 Å². The molecule has 2 saturated heterocycles. The van der Waals surface area contributed by atoms with Crippen LogP contribution in [0.25, 0.3) is 0 Å². The number of piperidine rings is 2. The van der Waals surface area contributed by atoms with E-state index in [1.165, 1.54) is 57.7 Å². The molecule has 11 atom stereocenters. The minimum absolute atomic E-state index is 0.00336. The number of nitrogens with zero attached hydrogens (tertiary/aromatic N) is 1. The minimum Gasteiger partial charge on any atom is -0.465 e. The molecule has 0 bridgehead atoms. The summed E-state index contributed by atoms with van der Waals surface area (Å²) in [4.78, 5) is 43.6. The van der Waals surface area contributed by atoms with Crippen LogP contribution in [0.4, 0.5) is 0 Å². The summed E-state index contributed by atoms with van der Waals surface area (Å²) in [5, 5.41) is 0. The number of carbonyl (C=O) groups is 3. The lowest BCUT2D eigenvalue weighted by molar-refractivity contribution is -0.210. The zero-order valence-electron chi connectivity index (χ0n) is 31.6. The first-order valence-corrected chi connectivity index (χ1v) is 19.8. The SMILES string of the molecule is CC(=O)O[C@@H]1CC[C@]2(C)[C@H](CC[C@]3(C)[C@@H]2C(=O)C=C2[C@H]4C[C@@](C)(C(=O)OC[C@@H]5CCCN6CCCC[C@H]56)CC[C@]4(C)CC[C@@]23C)C1(C)C. The molecule has 4 saturated carbocycles. The van der Waals surface area contributed by atoms with Crippen molar-refractivity contribution < 1.29 is 23.9 Å². The van der Waals surface area contributed by atoms with Crippen LogP contribution in [-0.2, 0) is 23.9 Å². The van der Waals surface area contributed by atoms with Gasteiger partial charge >= 0.3 is 11.9 Å². The van der Waals surface area contributed by atoms with Gasteiger partial charge in [0, 0.05) is 30.2 Å². The summed E-state index contributed by atoms with van der Waals surface area (Å²) in [6, 6.07) is 0.577. The van der Waals surface area contributed by atoms with E-state index in [1.807, 2.05) is 0 Å². The lowest BCUT2D eigenvalue weighted by Gasteiger charge is -2.70. The van der Waals surface area contributed by atoms with Crippen LogP contribution in [0, 0.1) is 56.2 Å². The number of rotatable bonds is 4. The van der Waals surface area contributed by atoms with Crippen molar-refractivity contribution in [2.75, 3.05) is 19.7 Å². The van der Waals surface area contributed by atoms with E-state index in [2.05, 4.69) is 59.4 Å². The third-order valence-corrected chi connectivity index (χ3v) is 17.0. The molecule has 0 N–H and O–H groups in total. The van der Waals surface area contributed by atoms with Crippen LogP contribution in [0.15, 0.2) is 11.6 Å². The van der Waals surface area contributed by atoms with Crippen molar-refractivity contribution in [3.8, 4) is 0 Å². The Kier molecular flexibility index (Phi) is 8.45. The number of esters is 2. The van der Waals surface area contributed by atoms with Gasteiger partial charge in [0.2, 0.25) is 0 Å². The zero-order valence-corrected chi connectivity index (χ0v) is 31.6. The fourth-order valence-electron chi connectivity index (χ4n) is 13.9. The number of carbonyl (C=O) groups excluding carboxylic acids is 3. The average Bonchev–Trinajstić information content (AvgIpc) is 3.03. The number of hydrogen-bond acceptors (Lipinski definition) is 6. The molecule has 0 aromatic heterocycles. The van der Waals surface area contributed by atoms with Crippen molar-refractivity contribution in [1.82, 2.24) is 4.90 Å². The average molecular weight is 664 g/mol. The monoisotopic (exact) mass is 663 g/mol. The number of allylic oxidation sites excluding steroid dienone is 2. The largest absolute Gasteiger partial charge is 0.465 e. The first-order chi connectivity index (χ1) is 22.5. The van der Waals surface area contributed by atoms with Crippen LogP contribution in [0.3, 0.4) is 0 Å². The summed E-state index contributed by atoms with van der Waals surface area (Å²) in [5.74, 6) is 1.05. The Balaban J connectivity index is 1.15. The van der Waals surface area contributed by atoms with Gasteiger partial charge in [0.25, 0.3) is 0 Å². The molecule has 0 spiro atoms. The van der Waals surface area contributed by atoms with Crippen molar-refractivity contribution in [2.24, 2.45) is 56.2 Å². The fourth-order valence-corrected chi connectivity index (χ4v) is 13.9. The van der Waals surface area contributed by atoms with Crippen LogP contribution >= 0.6 is 0 Å². The summed E-state index contributed by atoms with van der Waals surface area (Å²) < 4.78 is 12.2. The Labute approximate surface area is 290 Å². The minimum atomic E-state index is -0.520. The number of ketones is 1. The van der Waals surface area contributed by atoms with E-state index in [0.717, 1.165) is 57.8 Å². The molecule has 7 rings (SSSR count). The third-order valence-electron chi connectivity index (χ3n) is 17.0. The quantitative estimate of drug-likeness (QED) is 0.280. The fraction of sp³-hybridized carbons (Fsp3) is 0.881. The first-order valence-electron chi connectivity index (χ1n) is 19.8. The second-order valence-corrected chi connectivity index (χ2v) is 19.8. The molecule has 0 aromatic rings. The Morgan fingerprint density at radius 1 is 0.854 bits per heavy atom. The highest BCUT2D eigenvalue weighted by molar-refractivity contribution is 5.95. The highest BCUT2D eigenvalue weighted by atomic mass is 16.5. The van der Waals surface area contributed by atoms with E-state index < -0.39 is 5.41 Å².